The minimum Gasteiger partial charge on any atom is -0.106 e. The molecular weight excluding hydrogens is 144 g/mol. The Bertz CT molecular complexity index is 96.6. The second-order valence-corrected chi connectivity index (χ2v) is 2.83. The molecule has 1 saturated carbocycles. The van der Waals surface area contributed by atoms with Crippen molar-refractivity contribution in [3.63, 3.8) is 0 Å². The average Bonchev–Trinajstić information content (AvgIpc) is 2.64. The molecule has 0 N–H and O–H groups in total. The maximum Gasteiger partial charge on any atom is -0.0209 e. The molecule has 0 bridgehead atoms. The lowest BCUT2D eigenvalue weighted by molar-refractivity contribution is 0.645. The van der Waals surface area contributed by atoms with Gasteiger partial charge in [0.25, 0.3) is 0 Å². The lowest BCUT2D eigenvalue weighted by atomic mass is 10.0. The van der Waals surface area contributed by atoms with Gasteiger partial charge in [0, 0.05) is 0 Å². The molecule has 1 aliphatic rings. The molecule has 0 nitrogen and oxygen atoms in total. The molecule has 0 spiro atoms. The lowest BCUT2D eigenvalue weighted by Crippen LogP contribution is -1.91. The summed E-state index contributed by atoms with van der Waals surface area (Å²) in [5, 5.41) is 0. The fourth-order valence-electron chi connectivity index (χ4n) is 1.42. The van der Waals surface area contributed by atoms with E-state index >= 15 is 0 Å². The Labute approximate surface area is 78.4 Å². The Morgan fingerprint density at radius 2 is 1.42 bits per heavy atom. The van der Waals surface area contributed by atoms with E-state index < -0.39 is 0 Å². The van der Waals surface area contributed by atoms with Crippen LogP contribution in [0.1, 0.15) is 46.5 Å². The summed E-state index contributed by atoms with van der Waals surface area (Å²) in [5.74, 6) is 0.870. The van der Waals surface area contributed by atoms with E-state index in [1.54, 1.807) is 0 Å². The van der Waals surface area contributed by atoms with E-state index in [9.17, 15) is 0 Å². The van der Waals surface area contributed by atoms with Gasteiger partial charge in [-0.2, -0.15) is 0 Å². The largest absolute Gasteiger partial charge is 0.106 e. The van der Waals surface area contributed by atoms with Crippen LogP contribution in [0.2, 0.25) is 0 Å². The van der Waals surface area contributed by atoms with Crippen molar-refractivity contribution < 1.29 is 0 Å². The molecule has 1 rings (SSSR count). The summed E-state index contributed by atoms with van der Waals surface area (Å²) < 4.78 is 0. The van der Waals surface area contributed by atoms with Crippen LogP contribution in [-0.2, 0) is 0 Å². The highest BCUT2D eigenvalue weighted by Gasteiger charge is 2.14. The van der Waals surface area contributed by atoms with Gasteiger partial charge in [-0.05, 0) is 25.7 Å². The molecule has 0 atom stereocenters. The van der Waals surface area contributed by atoms with Gasteiger partial charge in [-0.25, -0.2) is 0 Å². The zero-order valence-corrected chi connectivity index (χ0v) is 9.03. The van der Waals surface area contributed by atoms with Crippen LogP contribution in [0.15, 0.2) is 25.3 Å². The molecule has 0 aliphatic heterocycles. The Balaban J connectivity index is 0. The van der Waals surface area contributed by atoms with Crippen LogP contribution in [0, 0.1) is 5.92 Å². The second kappa shape index (κ2) is 10.5. The second-order valence-electron chi connectivity index (χ2n) is 2.83. The predicted octanol–water partition coefficient (Wildman–Crippen LogP) is 4.58. The third-order valence-electron chi connectivity index (χ3n) is 2.05. The summed E-state index contributed by atoms with van der Waals surface area (Å²) in [6, 6.07) is 0. The lowest BCUT2D eigenvalue weighted by Gasteiger charge is -2.05. The predicted molar refractivity (Wildman–Crippen MR) is 59.4 cm³/mol. The monoisotopic (exact) mass is 168 g/mol. The van der Waals surface area contributed by atoms with Gasteiger partial charge in [-0.15, -0.1) is 13.2 Å². The topological polar surface area (TPSA) is 0 Å². The highest BCUT2D eigenvalue weighted by Crippen LogP contribution is 2.29. The summed E-state index contributed by atoms with van der Waals surface area (Å²) in [5.41, 5.74) is 1.39. The maximum atomic E-state index is 3.94. The molecule has 0 radical (unpaired) electrons. The Kier molecular flexibility index (Phi) is 12.3. The molecule has 0 amide bonds. The van der Waals surface area contributed by atoms with Crippen LogP contribution in [0.25, 0.3) is 0 Å². The molecule has 0 aromatic carbocycles. The van der Waals surface area contributed by atoms with Crippen molar-refractivity contribution in [1.29, 1.82) is 0 Å². The SMILES string of the molecule is C=C.C=C(C)C1CCCC1.CC. The Morgan fingerprint density at radius 1 is 1.08 bits per heavy atom. The van der Waals surface area contributed by atoms with E-state index in [-0.39, 0.29) is 0 Å². The van der Waals surface area contributed by atoms with Gasteiger partial charge in [0.2, 0.25) is 0 Å². The fourth-order valence-corrected chi connectivity index (χ4v) is 1.42. The van der Waals surface area contributed by atoms with Gasteiger partial charge in [-0.3, -0.25) is 0 Å². The molecule has 0 aromatic rings. The van der Waals surface area contributed by atoms with E-state index in [2.05, 4.69) is 26.7 Å². The first kappa shape index (κ1) is 14.0. The van der Waals surface area contributed by atoms with Crippen LogP contribution in [0.5, 0.6) is 0 Å². The smallest absolute Gasteiger partial charge is 0.0209 e. The van der Waals surface area contributed by atoms with Crippen molar-refractivity contribution in [2.75, 3.05) is 0 Å². The number of hydrogen-bond donors (Lipinski definition) is 0. The van der Waals surface area contributed by atoms with Crippen LogP contribution < -0.4 is 0 Å². The van der Waals surface area contributed by atoms with E-state index in [0.29, 0.717) is 0 Å². The highest BCUT2D eigenvalue weighted by molar-refractivity contribution is 4.97. The van der Waals surface area contributed by atoms with Crippen molar-refractivity contribution in [3.8, 4) is 0 Å². The highest BCUT2D eigenvalue weighted by atomic mass is 14.2. The zero-order chi connectivity index (χ0) is 9.98. The van der Waals surface area contributed by atoms with Crippen LogP contribution in [0.3, 0.4) is 0 Å². The molecule has 0 aromatic heterocycles. The summed E-state index contributed by atoms with van der Waals surface area (Å²) >= 11 is 0. The molecule has 0 saturated heterocycles. The molecule has 12 heavy (non-hydrogen) atoms. The van der Waals surface area contributed by atoms with Crippen LogP contribution >= 0.6 is 0 Å². The first-order chi connectivity index (χ1) is 5.80. The number of allylic oxidation sites excluding steroid dienone is 1. The molecule has 72 valence electrons. The van der Waals surface area contributed by atoms with Gasteiger partial charge < -0.3 is 0 Å². The number of rotatable bonds is 1. The third-order valence-corrected chi connectivity index (χ3v) is 2.05. The van der Waals surface area contributed by atoms with Gasteiger partial charge in [0.1, 0.15) is 0 Å². The first-order valence-electron chi connectivity index (χ1n) is 4.96. The van der Waals surface area contributed by atoms with Gasteiger partial charge >= 0.3 is 0 Å². The quantitative estimate of drug-likeness (QED) is 0.503. The van der Waals surface area contributed by atoms with Gasteiger partial charge in [0.15, 0.2) is 0 Å². The van der Waals surface area contributed by atoms with Gasteiger partial charge in [-0.1, -0.05) is 38.8 Å². The van der Waals surface area contributed by atoms with E-state index in [1.165, 1.54) is 31.3 Å². The summed E-state index contributed by atoms with van der Waals surface area (Å²) in [7, 11) is 0. The Hall–Kier alpha value is -0.520. The normalized spacial score (nSPS) is 15.2. The standard InChI is InChI=1S/C8H14.C2H6.C2H4/c1-7(2)8-5-3-4-6-8;2*1-2/h8H,1,3-6H2,2H3;1-2H3;1-2H2. The Morgan fingerprint density at radius 3 is 1.58 bits per heavy atom. The summed E-state index contributed by atoms with van der Waals surface area (Å²) in [6.07, 6.45) is 5.65. The van der Waals surface area contributed by atoms with Crippen LogP contribution in [-0.4, -0.2) is 0 Å². The van der Waals surface area contributed by atoms with E-state index in [4.69, 9.17) is 0 Å². The molecule has 0 heterocycles. The average molecular weight is 168 g/mol. The van der Waals surface area contributed by atoms with Crippen LogP contribution in [0.4, 0.5) is 0 Å². The zero-order valence-electron chi connectivity index (χ0n) is 9.03. The van der Waals surface area contributed by atoms with E-state index in [0.717, 1.165) is 5.92 Å². The van der Waals surface area contributed by atoms with Crippen molar-refractivity contribution in [2.45, 2.75) is 46.5 Å². The van der Waals surface area contributed by atoms with Gasteiger partial charge in [0.05, 0.1) is 0 Å². The molecule has 1 fully saturated rings. The molecule has 1 aliphatic carbocycles. The van der Waals surface area contributed by atoms with Crippen molar-refractivity contribution in [1.82, 2.24) is 0 Å². The van der Waals surface area contributed by atoms with Crippen molar-refractivity contribution in [3.05, 3.63) is 25.3 Å². The molecule has 0 unspecified atom stereocenters. The first-order valence-corrected chi connectivity index (χ1v) is 4.96. The minimum atomic E-state index is 0.870. The molecular formula is C12H24. The van der Waals surface area contributed by atoms with Crippen molar-refractivity contribution in [2.24, 2.45) is 5.92 Å². The van der Waals surface area contributed by atoms with Crippen molar-refractivity contribution >= 4 is 0 Å². The van der Waals surface area contributed by atoms with E-state index in [1.807, 2.05) is 13.8 Å². The maximum absolute atomic E-state index is 3.94. The molecule has 0 heteroatoms. The number of hydrogen-bond acceptors (Lipinski definition) is 0. The third kappa shape index (κ3) is 6.21. The summed E-state index contributed by atoms with van der Waals surface area (Å²) in [6.45, 7) is 16.1. The summed E-state index contributed by atoms with van der Waals surface area (Å²) in [4.78, 5) is 0. The minimum absolute atomic E-state index is 0.870. The fraction of sp³-hybridized carbons (Fsp3) is 0.667.